The Morgan fingerprint density at radius 1 is 1.10 bits per heavy atom. The molecule has 5 nitrogen and oxygen atoms in total. The van der Waals surface area contributed by atoms with E-state index in [2.05, 4.69) is 25.4 Å². The van der Waals surface area contributed by atoms with Crippen molar-refractivity contribution in [1.82, 2.24) is 25.4 Å². The molecule has 2 aromatic rings. The largest absolute Gasteiger partial charge is 0.250 e. The molecule has 10 heavy (non-hydrogen) atoms. The van der Waals surface area contributed by atoms with Gasteiger partial charge in [-0.25, -0.2) is 9.97 Å². The zero-order valence-electron chi connectivity index (χ0n) is 4.97. The van der Waals surface area contributed by atoms with Gasteiger partial charge in [-0.2, -0.15) is 0 Å². The molecule has 0 saturated heterocycles. The molecular weight excluding hydrogens is 130 g/mol. The van der Waals surface area contributed by atoms with Crippen LogP contribution in [-0.4, -0.2) is 25.4 Å². The van der Waals surface area contributed by atoms with Gasteiger partial charge >= 0.3 is 0 Å². The van der Waals surface area contributed by atoms with Crippen LogP contribution >= 0.6 is 0 Å². The minimum atomic E-state index is 0.525. The van der Waals surface area contributed by atoms with Crippen LogP contribution in [0.3, 0.4) is 0 Å². The summed E-state index contributed by atoms with van der Waals surface area (Å²) < 4.78 is 0. The van der Waals surface area contributed by atoms with Crippen LogP contribution in [-0.2, 0) is 0 Å². The van der Waals surface area contributed by atoms with Crippen molar-refractivity contribution in [2.75, 3.05) is 0 Å². The lowest BCUT2D eigenvalue weighted by atomic mass is 10.5. The molecule has 0 N–H and O–H groups in total. The zero-order valence-corrected chi connectivity index (χ0v) is 4.97. The molecule has 2 rings (SSSR count). The molecule has 0 aliphatic rings. The van der Waals surface area contributed by atoms with E-state index in [0.29, 0.717) is 11.2 Å². The molecule has 5 heteroatoms. The third-order valence-corrected chi connectivity index (χ3v) is 1.08. The number of aromatic nitrogens is 5. The van der Waals surface area contributed by atoms with Gasteiger partial charge in [-0.05, 0) is 5.21 Å². The summed E-state index contributed by atoms with van der Waals surface area (Å²) in [4.78, 5) is 7.86. The van der Waals surface area contributed by atoms with Gasteiger partial charge < -0.3 is 0 Å². The zero-order chi connectivity index (χ0) is 6.81. The standard InChI is InChI=1S/C5H3N5/c1-2-7-5-4(6-1)3-8-10-9-5/h1-3H. The Bertz CT molecular complexity index is 281. The molecule has 0 spiro atoms. The van der Waals surface area contributed by atoms with Crippen LogP contribution in [0.2, 0.25) is 0 Å². The van der Waals surface area contributed by atoms with Gasteiger partial charge in [0.05, 0.1) is 6.20 Å². The molecule has 48 valence electrons. The lowest BCUT2D eigenvalue weighted by Gasteiger charge is -1.87. The molecule has 0 atom stereocenters. The minimum Gasteiger partial charge on any atom is -0.250 e. The van der Waals surface area contributed by atoms with Crippen molar-refractivity contribution >= 4 is 11.2 Å². The van der Waals surface area contributed by atoms with Crippen LogP contribution in [0.5, 0.6) is 0 Å². The Morgan fingerprint density at radius 3 is 2.90 bits per heavy atom. The molecular formula is C5H3N5. The summed E-state index contributed by atoms with van der Waals surface area (Å²) in [5.41, 5.74) is 1.19. The summed E-state index contributed by atoms with van der Waals surface area (Å²) in [6, 6.07) is 0. The highest BCUT2D eigenvalue weighted by Gasteiger charge is 1.92. The molecule has 0 saturated carbocycles. The maximum atomic E-state index is 3.95. The number of rotatable bonds is 0. The number of nitrogens with zero attached hydrogens (tertiary/aromatic N) is 5. The molecule has 2 heterocycles. The molecule has 0 aliphatic heterocycles. The quantitative estimate of drug-likeness (QED) is 0.498. The van der Waals surface area contributed by atoms with E-state index in [4.69, 9.17) is 0 Å². The Labute approximate surface area is 56.1 Å². The summed E-state index contributed by atoms with van der Waals surface area (Å²) in [5, 5.41) is 10.6. The van der Waals surface area contributed by atoms with Crippen molar-refractivity contribution in [2.24, 2.45) is 0 Å². The lowest BCUT2D eigenvalue weighted by molar-refractivity contribution is 0.880. The van der Waals surface area contributed by atoms with Crippen LogP contribution in [0, 0.1) is 0 Å². The average Bonchev–Trinajstić information content (AvgIpc) is 2.05. The van der Waals surface area contributed by atoms with Crippen molar-refractivity contribution in [3.8, 4) is 0 Å². The van der Waals surface area contributed by atoms with Crippen LogP contribution in [0.15, 0.2) is 18.6 Å². The highest BCUT2D eigenvalue weighted by molar-refractivity contribution is 5.66. The second kappa shape index (κ2) is 1.94. The predicted octanol–water partition coefficient (Wildman–Crippen LogP) is -0.185. The second-order valence-corrected chi connectivity index (χ2v) is 1.70. The first-order valence-corrected chi connectivity index (χ1v) is 2.72. The highest BCUT2D eigenvalue weighted by atomic mass is 15.3. The Kier molecular flexibility index (Phi) is 1.00. The smallest absolute Gasteiger partial charge is 0.203 e. The Hall–Kier alpha value is -1.65. The van der Waals surface area contributed by atoms with E-state index < -0.39 is 0 Å². The van der Waals surface area contributed by atoms with Gasteiger partial charge in [-0.3, -0.25) is 0 Å². The predicted molar refractivity (Wildman–Crippen MR) is 32.9 cm³/mol. The average molecular weight is 133 g/mol. The van der Waals surface area contributed by atoms with Gasteiger partial charge in [-0.1, -0.05) is 0 Å². The third-order valence-electron chi connectivity index (χ3n) is 1.08. The minimum absolute atomic E-state index is 0.525. The van der Waals surface area contributed by atoms with Gasteiger partial charge in [0.15, 0.2) is 0 Å². The third kappa shape index (κ3) is 0.680. The molecule has 0 fully saturated rings. The SMILES string of the molecule is c1cnc2nnncc2n1. The Morgan fingerprint density at radius 2 is 2.00 bits per heavy atom. The lowest BCUT2D eigenvalue weighted by Crippen LogP contribution is -1.90. The molecule has 0 unspecified atom stereocenters. The van der Waals surface area contributed by atoms with Crippen LogP contribution in [0.1, 0.15) is 0 Å². The normalized spacial score (nSPS) is 10.0. The monoisotopic (exact) mass is 133 g/mol. The van der Waals surface area contributed by atoms with Gasteiger partial charge in [0.25, 0.3) is 0 Å². The first-order chi connectivity index (χ1) is 4.97. The number of hydrogen-bond acceptors (Lipinski definition) is 5. The van der Waals surface area contributed by atoms with Gasteiger partial charge in [0.1, 0.15) is 5.52 Å². The van der Waals surface area contributed by atoms with E-state index in [9.17, 15) is 0 Å². The van der Waals surface area contributed by atoms with Crippen LogP contribution in [0.25, 0.3) is 11.2 Å². The topological polar surface area (TPSA) is 64.5 Å². The van der Waals surface area contributed by atoms with Crippen molar-refractivity contribution in [1.29, 1.82) is 0 Å². The Balaban J connectivity index is 2.89. The van der Waals surface area contributed by atoms with E-state index in [0.717, 1.165) is 0 Å². The highest BCUT2D eigenvalue weighted by Crippen LogP contribution is 1.96. The summed E-state index contributed by atoms with van der Waals surface area (Å²) in [7, 11) is 0. The second-order valence-electron chi connectivity index (χ2n) is 1.70. The fraction of sp³-hybridized carbons (Fsp3) is 0. The molecule has 0 amide bonds. The van der Waals surface area contributed by atoms with E-state index in [-0.39, 0.29) is 0 Å². The summed E-state index contributed by atoms with van der Waals surface area (Å²) in [6.07, 6.45) is 4.68. The van der Waals surface area contributed by atoms with Crippen LogP contribution < -0.4 is 0 Å². The number of hydrogen-bond donors (Lipinski definition) is 0. The maximum absolute atomic E-state index is 3.95. The fourth-order valence-electron chi connectivity index (χ4n) is 0.658. The van der Waals surface area contributed by atoms with Crippen molar-refractivity contribution in [3.05, 3.63) is 18.6 Å². The van der Waals surface area contributed by atoms with E-state index >= 15 is 0 Å². The van der Waals surface area contributed by atoms with Gasteiger partial charge in [0.2, 0.25) is 5.65 Å². The fourth-order valence-corrected chi connectivity index (χ4v) is 0.658. The van der Waals surface area contributed by atoms with E-state index in [1.165, 1.54) is 6.20 Å². The maximum Gasteiger partial charge on any atom is 0.203 e. The van der Waals surface area contributed by atoms with Gasteiger partial charge in [0, 0.05) is 12.4 Å². The van der Waals surface area contributed by atoms with Crippen molar-refractivity contribution in [2.45, 2.75) is 0 Å². The van der Waals surface area contributed by atoms with Crippen LogP contribution in [0.4, 0.5) is 0 Å². The molecule has 0 radical (unpaired) electrons. The van der Waals surface area contributed by atoms with E-state index in [1.807, 2.05) is 0 Å². The first kappa shape index (κ1) is 5.16. The summed E-state index contributed by atoms with van der Waals surface area (Å²) in [5.74, 6) is 0. The first-order valence-electron chi connectivity index (χ1n) is 2.72. The van der Waals surface area contributed by atoms with Crippen molar-refractivity contribution < 1.29 is 0 Å². The number of fused-ring (bicyclic) bond motifs is 1. The molecule has 0 aliphatic carbocycles. The molecule has 2 aromatic heterocycles. The van der Waals surface area contributed by atoms with Gasteiger partial charge in [-0.15, -0.1) is 10.2 Å². The van der Waals surface area contributed by atoms with E-state index in [1.54, 1.807) is 12.4 Å². The van der Waals surface area contributed by atoms with Crippen molar-refractivity contribution in [3.63, 3.8) is 0 Å². The molecule has 0 bridgehead atoms. The molecule has 0 aromatic carbocycles. The summed E-state index contributed by atoms with van der Waals surface area (Å²) >= 11 is 0. The summed E-state index contributed by atoms with van der Waals surface area (Å²) in [6.45, 7) is 0.